The summed E-state index contributed by atoms with van der Waals surface area (Å²) in [6.45, 7) is 4.05. The van der Waals surface area contributed by atoms with Crippen LogP contribution in [0.2, 0.25) is 5.02 Å². The van der Waals surface area contributed by atoms with Gasteiger partial charge in [-0.3, -0.25) is 0 Å². The van der Waals surface area contributed by atoms with Crippen LogP contribution in [0, 0.1) is 13.8 Å². The third-order valence-electron chi connectivity index (χ3n) is 3.94. The summed E-state index contributed by atoms with van der Waals surface area (Å²) in [5.74, 6) is -0.312. The van der Waals surface area contributed by atoms with E-state index in [9.17, 15) is 4.79 Å². The van der Waals surface area contributed by atoms with E-state index in [1.807, 2.05) is 32.0 Å². The van der Waals surface area contributed by atoms with Gasteiger partial charge in [-0.1, -0.05) is 35.0 Å². The molecule has 1 aromatic heterocycles. The molecule has 3 aromatic rings. The number of carbonyl (C=O) groups excluding carboxylic acids is 1. The summed E-state index contributed by atoms with van der Waals surface area (Å²) in [4.78, 5) is 12.3. The highest BCUT2D eigenvalue weighted by Gasteiger charge is 2.25. The topological polar surface area (TPSA) is 64.4 Å². The van der Waals surface area contributed by atoms with Crippen molar-refractivity contribution in [2.75, 3.05) is 12.4 Å². The van der Waals surface area contributed by atoms with E-state index < -0.39 is 5.97 Å². The van der Waals surface area contributed by atoms with Crippen molar-refractivity contribution in [3.8, 4) is 11.3 Å². The Labute approximate surface area is 150 Å². The molecule has 0 aliphatic rings. The van der Waals surface area contributed by atoms with Gasteiger partial charge >= 0.3 is 5.97 Å². The Kier molecular flexibility index (Phi) is 4.76. The van der Waals surface area contributed by atoms with Crippen LogP contribution in [-0.2, 0) is 4.74 Å². The second-order valence-corrected chi connectivity index (χ2v) is 6.10. The normalized spacial score (nSPS) is 10.6. The number of benzene rings is 2. The molecule has 6 heteroatoms. The zero-order chi connectivity index (χ0) is 18.0. The van der Waals surface area contributed by atoms with E-state index in [4.69, 9.17) is 20.9 Å². The number of rotatable bonds is 4. The van der Waals surface area contributed by atoms with E-state index in [1.54, 1.807) is 24.3 Å². The molecule has 1 heterocycles. The minimum atomic E-state index is -0.539. The molecule has 5 nitrogen and oxygen atoms in total. The van der Waals surface area contributed by atoms with Crippen LogP contribution in [0.25, 0.3) is 11.3 Å². The smallest absolute Gasteiger partial charge is 0.345 e. The number of halogens is 1. The quantitative estimate of drug-likeness (QED) is 0.655. The van der Waals surface area contributed by atoms with Crippen molar-refractivity contribution in [2.24, 2.45) is 0 Å². The Bertz CT molecular complexity index is 934. The first-order valence-electron chi connectivity index (χ1n) is 7.68. The van der Waals surface area contributed by atoms with Gasteiger partial charge in [-0.2, -0.15) is 0 Å². The van der Waals surface area contributed by atoms with Crippen molar-refractivity contribution in [3.63, 3.8) is 0 Å². The molecule has 0 unspecified atom stereocenters. The summed E-state index contributed by atoms with van der Waals surface area (Å²) in [6.07, 6.45) is 0. The van der Waals surface area contributed by atoms with Crippen LogP contribution in [-0.4, -0.2) is 18.2 Å². The average Bonchev–Trinajstić information content (AvgIpc) is 3.01. The van der Waals surface area contributed by atoms with Crippen LogP contribution in [0.5, 0.6) is 0 Å². The van der Waals surface area contributed by atoms with Gasteiger partial charge in [-0.25, -0.2) is 4.79 Å². The lowest BCUT2D eigenvalue weighted by atomic mass is 10.1. The number of esters is 1. The summed E-state index contributed by atoms with van der Waals surface area (Å²) in [6, 6.07) is 12.9. The van der Waals surface area contributed by atoms with Crippen LogP contribution >= 0.6 is 11.6 Å². The largest absolute Gasteiger partial charge is 0.465 e. The van der Waals surface area contributed by atoms with E-state index in [0.717, 1.165) is 11.3 Å². The third-order valence-corrected chi connectivity index (χ3v) is 4.18. The van der Waals surface area contributed by atoms with Gasteiger partial charge in [0.2, 0.25) is 5.88 Å². The minimum absolute atomic E-state index is 0.225. The maximum absolute atomic E-state index is 12.3. The predicted octanol–water partition coefficient (Wildman–Crippen LogP) is 5.14. The highest BCUT2D eigenvalue weighted by molar-refractivity contribution is 6.30. The summed E-state index contributed by atoms with van der Waals surface area (Å²) in [5.41, 5.74) is 4.37. The standard InChI is InChI=1S/C19H17ClN2O3/c1-11-7-8-15(9-12(11)2)21-18-16(19(23)24-3)17(22-25-18)13-5-4-6-14(20)10-13/h4-10,21H,1-3H3. The fraction of sp³-hybridized carbons (Fsp3) is 0.158. The fourth-order valence-corrected chi connectivity index (χ4v) is 2.64. The molecule has 3 rings (SSSR count). The first-order chi connectivity index (χ1) is 12.0. The highest BCUT2D eigenvalue weighted by atomic mass is 35.5. The van der Waals surface area contributed by atoms with Gasteiger partial charge in [-0.05, 0) is 49.2 Å². The van der Waals surface area contributed by atoms with Gasteiger partial charge in [-0.15, -0.1) is 0 Å². The second-order valence-electron chi connectivity index (χ2n) is 5.66. The maximum atomic E-state index is 12.3. The minimum Gasteiger partial charge on any atom is -0.465 e. The Morgan fingerprint density at radius 3 is 2.64 bits per heavy atom. The number of nitrogens with zero attached hydrogens (tertiary/aromatic N) is 1. The molecule has 0 fully saturated rings. The first-order valence-corrected chi connectivity index (χ1v) is 8.05. The molecular formula is C19H17ClN2O3. The maximum Gasteiger partial charge on any atom is 0.345 e. The lowest BCUT2D eigenvalue weighted by Gasteiger charge is -2.07. The summed E-state index contributed by atoms with van der Waals surface area (Å²) in [7, 11) is 1.32. The van der Waals surface area contributed by atoms with Crippen molar-refractivity contribution < 1.29 is 14.1 Å². The van der Waals surface area contributed by atoms with Gasteiger partial charge in [0.15, 0.2) is 5.56 Å². The van der Waals surface area contributed by atoms with Gasteiger partial charge in [0.05, 0.1) is 7.11 Å². The van der Waals surface area contributed by atoms with Crippen molar-refractivity contribution >= 4 is 29.1 Å². The van der Waals surface area contributed by atoms with Crippen LogP contribution < -0.4 is 5.32 Å². The zero-order valence-electron chi connectivity index (χ0n) is 14.1. The van der Waals surface area contributed by atoms with E-state index in [2.05, 4.69) is 10.5 Å². The van der Waals surface area contributed by atoms with Crippen LogP contribution in [0.4, 0.5) is 11.6 Å². The monoisotopic (exact) mass is 356 g/mol. The number of methoxy groups -OCH3 is 1. The van der Waals surface area contributed by atoms with Crippen LogP contribution in [0.1, 0.15) is 21.5 Å². The molecule has 0 aliphatic carbocycles. The number of aryl methyl sites for hydroxylation is 2. The van der Waals surface area contributed by atoms with E-state index in [0.29, 0.717) is 16.3 Å². The predicted molar refractivity (Wildman–Crippen MR) is 97.5 cm³/mol. The number of carbonyl (C=O) groups is 1. The molecule has 0 radical (unpaired) electrons. The molecule has 0 bridgehead atoms. The summed E-state index contributed by atoms with van der Waals surface area (Å²) in [5, 5.41) is 7.67. The zero-order valence-corrected chi connectivity index (χ0v) is 14.8. The van der Waals surface area contributed by atoms with Crippen LogP contribution in [0.3, 0.4) is 0 Å². The highest BCUT2D eigenvalue weighted by Crippen LogP contribution is 2.32. The Balaban J connectivity index is 2.05. The van der Waals surface area contributed by atoms with E-state index in [1.165, 1.54) is 12.7 Å². The number of hydrogen-bond donors (Lipinski definition) is 1. The third kappa shape index (κ3) is 3.51. The lowest BCUT2D eigenvalue weighted by molar-refractivity contribution is 0.0602. The van der Waals surface area contributed by atoms with Crippen molar-refractivity contribution in [1.82, 2.24) is 5.16 Å². The molecule has 0 saturated carbocycles. The molecule has 0 spiro atoms. The van der Waals surface area contributed by atoms with Crippen molar-refractivity contribution in [1.29, 1.82) is 0 Å². The van der Waals surface area contributed by atoms with Gasteiger partial charge in [0.25, 0.3) is 0 Å². The number of anilines is 2. The SMILES string of the molecule is COC(=O)c1c(-c2cccc(Cl)c2)noc1Nc1ccc(C)c(C)c1. The molecule has 0 amide bonds. The number of hydrogen-bond acceptors (Lipinski definition) is 5. The van der Waals surface area contributed by atoms with E-state index >= 15 is 0 Å². The van der Waals surface area contributed by atoms with Gasteiger partial charge < -0.3 is 14.6 Å². The molecule has 0 atom stereocenters. The molecule has 0 saturated heterocycles. The molecule has 0 aliphatic heterocycles. The first kappa shape index (κ1) is 17.0. The molecule has 1 N–H and O–H groups in total. The average molecular weight is 357 g/mol. The van der Waals surface area contributed by atoms with Crippen molar-refractivity contribution in [2.45, 2.75) is 13.8 Å². The van der Waals surface area contributed by atoms with Gasteiger partial charge in [0, 0.05) is 16.3 Å². The summed E-state index contributed by atoms with van der Waals surface area (Å²) >= 11 is 6.04. The second kappa shape index (κ2) is 6.99. The number of aromatic nitrogens is 1. The Morgan fingerprint density at radius 2 is 1.96 bits per heavy atom. The Hall–Kier alpha value is -2.79. The summed E-state index contributed by atoms with van der Waals surface area (Å²) < 4.78 is 10.3. The Morgan fingerprint density at radius 1 is 1.16 bits per heavy atom. The van der Waals surface area contributed by atoms with Crippen molar-refractivity contribution in [3.05, 3.63) is 64.2 Å². The molecule has 128 valence electrons. The number of ether oxygens (including phenoxy) is 1. The van der Waals surface area contributed by atoms with Gasteiger partial charge in [0.1, 0.15) is 5.69 Å². The van der Waals surface area contributed by atoms with Crippen LogP contribution in [0.15, 0.2) is 47.0 Å². The number of nitrogens with one attached hydrogen (secondary N) is 1. The fourth-order valence-electron chi connectivity index (χ4n) is 2.45. The van der Waals surface area contributed by atoms with E-state index in [-0.39, 0.29) is 11.4 Å². The lowest BCUT2D eigenvalue weighted by Crippen LogP contribution is -2.05. The molecule has 2 aromatic carbocycles. The molecular weight excluding hydrogens is 340 g/mol. The molecule has 25 heavy (non-hydrogen) atoms.